The molecule has 0 aliphatic heterocycles. The molecule has 0 aliphatic rings. The second kappa shape index (κ2) is 4.45. The lowest BCUT2D eigenvalue weighted by Gasteiger charge is -2.11. The lowest BCUT2D eigenvalue weighted by Crippen LogP contribution is -2.23. The molecule has 6 heteroatoms. The van der Waals surface area contributed by atoms with Crippen molar-refractivity contribution in [1.29, 1.82) is 0 Å². The molecule has 0 radical (unpaired) electrons. The summed E-state index contributed by atoms with van der Waals surface area (Å²) in [6.07, 6.45) is 0.730. The van der Waals surface area contributed by atoms with Gasteiger partial charge in [-0.3, -0.25) is 4.68 Å². The molecule has 0 fully saturated rings. The number of hydrogen-bond donors (Lipinski definition) is 1. The van der Waals surface area contributed by atoms with E-state index in [4.69, 9.17) is 5.11 Å². The van der Waals surface area contributed by atoms with Crippen molar-refractivity contribution in [2.24, 2.45) is 0 Å². The minimum absolute atomic E-state index is 0.343. The van der Waals surface area contributed by atoms with Crippen molar-refractivity contribution < 1.29 is 9.90 Å². The Bertz CT molecular complexity index is 337. The van der Waals surface area contributed by atoms with E-state index in [1.54, 1.807) is 10.9 Å². The van der Waals surface area contributed by atoms with Crippen molar-refractivity contribution in [2.45, 2.75) is 20.0 Å². The van der Waals surface area contributed by atoms with Gasteiger partial charge in [0.2, 0.25) is 0 Å². The molecule has 0 bridgehead atoms. The Kier molecular flexibility index (Phi) is 3.51. The van der Waals surface area contributed by atoms with Gasteiger partial charge in [0.25, 0.3) is 0 Å². The van der Waals surface area contributed by atoms with E-state index in [9.17, 15) is 4.79 Å². The molecule has 0 saturated carbocycles. The second-order valence-electron chi connectivity index (χ2n) is 2.92. The molecule has 1 rings (SSSR count). The topological polar surface area (TPSA) is 58.4 Å². The van der Waals surface area contributed by atoms with Gasteiger partial charge >= 0.3 is 6.09 Å². The van der Waals surface area contributed by atoms with Gasteiger partial charge in [0.05, 0.1) is 12.7 Å². The first-order valence-corrected chi connectivity index (χ1v) is 4.99. The minimum atomic E-state index is -0.943. The molecule has 0 saturated heterocycles. The van der Waals surface area contributed by atoms with Crippen molar-refractivity contribution in [3.05, 3.63) is 16.4 Å². The summed E-state index contributed by atoms with van der Waals surface area (Å²) in [6, 6.07) is 0. The van der Waals surface area contributed by atoms with Crippen LogP contribution in [0.1, 0.15) is 12.5 Å². The van der Waals surface area contributed by atoms with Crippen LogP contribution in [-0.4, -0.2) is 32.9 Å². The first kappa shape index (κ1) is 11.0. The van der Waals surface area contributed by atoms with E-state index in [2.05, 4.69) is 21.0 Å². The van der Waals surface area contributed by atoms with Crippen molar-refractivity contribution in [2.75, 3.05) is 7.05 Å². The van der Waals surface area contributed by atoms with Gasteiger partial charge in [-0.05, 0) is 22.9 Å². The fourth-order valence-corrected chi connectivity index (χ4v) is 1.63. The Labute approximate surface area is 90.4 Å². The average molecular weight is 262 g/mol. The van der Waals surface area contributed by atoms with Gasteiger partial charge in [-0.15, -0.1) is 0 Å². The number of carbonyl (C=O) groups is 1. The Morgan fingerprint density at radius 1 is 1.79 bits per heavy atom. The standard InChI is InChI=1S/C8H12BrN3O2/c1-3-12-7(9)6(4-10-12)5-11(2)8(13)14/h4H,3,5H2,1-2H3,(H,13,14). The Hall–Kier alpha value is -1.04. The van der Waals surface area contributed by atoms with Crippen molar-refractivity contribution in [1.82, 2.24) is 14.7 Å². The van der Waals surface area contributed by atoms with E-state index in [1.165, 1.54) is 11.9 Å². The Morgan fingerprint density at radius 2 is 2.43 bits per heavy atom. The first-order chi connectivity index (χ1) is 6.56. The van der Waals surface area contributed by atoms with Crippen molar-refractivity contribution in [3.63, 3.8) is 0 Å². The fourth-order valence-electron chi connectivity index (χ4n) is 1.06. The molecule has 78 valence electrons. The molecule has 0 atom stereocenters. The van der Waals surface area contributed by atoms with E-state index in [0.29, 0.717) is 6.54 Å². The van der Waals surface area contributed by atoms with Crippen molar-refractivity contribution >= 4 is 22.0 Å². The molecular formula is C8H12BrN3O2. The highest BCUT2D eigenvalue weighted by Gasteiger charge is 2.11. The van der Waals surface area contributed by atoms with Crippen LogP contribution in [0.4, 0.5) is 4.79 Å². The number of hydrogen-bond acceptors (Lipinski definition) is 2. The summed E-state index contributed by atoms with van der Waals surface area (Å²) < 4.78 is 2.61. The smallest absolute Gasteiger partial charge is 0.407 e. The molecule has 14 heavy (non-hydrogen) atoms. The maximum Gasteiger partial charge on any atom is 0.407 e. The molecule has 0 aromatic carbocycles. The van der Waals surface area contributed by atoms with Gasteiger partial charge in [0.15, 0.2) is 0 Å². The van der Waals surface area contributed by atoms with Crippen molar-refractivity contribution in [3.8, 4) is 0 Å². The largest absolute Gasteiger partial charge is 0.465 e. The van der Waals surface area contributed by atoms with Gasteiger partial charge in [0, 0.05) is 19.2 Å². The number of nitrogens with zero attached hydrogens (tertiary/aromatic N) is 3. The van der Waals surface area contributed by atoms with Gasteiger partial charge in [-0.1, -0.05) is 0 Å². The summed E-state index contributed by atoms with van der Waals surface area (Å²) in [7, 11) is 1.53. The summed E-state index contributed by atoms with van der Waals surface area (Å²) >= 11 is 3.37. The van der Waals surface area contributed by atoms with E-state index in [-0.39, 0.29) is 0 Å². The SMILES string of the molecule is CCn1ncc(CN(C)C(=O)O)c1Br. The van der Waals surface area contributed by atoms with Crippen LogP contribution in [0.25, 0.3) is 0 Å². The molecule has 0 aliphatic carbocycles. The summed E-state index contributed by atoms with van der Waals surface area (Å²) in [4.78, 5) is 11.8. The van der Waals surface area contributed by atoms with Crippen LogP contribution in [0.2, 0.25) is 0 Å². The summed E-state index contributed by atoms with van der Waals surface area (Å²) in [5.74, 6) is 0. The maximum atomic E-state index is 10.6. The molecule has 1 aromatic rings. The molecule has 1 N–H and O–H groups in total. The third-order valence-corrected chi connectivity index (χ3v) is 2.80. The number of rotatable bonds is 3. The molecule has 1 aromatic heterocycles. The quantitative estimate of drug-likeness (QED) is 0.903. The summed E-state index contributed by atoms with van der Waals surface area (Å²) in [5.41, 5.74) is 0.872. The maximum absolute atomic E-state index is 10.6. The zero-order chi connectivity index (χ0) is 10.7. The van der Waals surface area contributed by atoms with E-state index in [1.807, 2.05) is 6.92 Å². The average Bonchev–Trinajstić information content (AvgIpc) is 2.47. The molecule has 1 heterocycles. The highest BCUT2D eigenvalue weighted by atomic mass is 79.9. The number of amides is 1. The monoisotopic (exact) mass is 261 g/mol. The van der Waals surface area contributed by atoms with Gasteiger partial charge < -0.3 is 10.0 Å². The van der Waals surface area contributed by atoms with Gasteiger partial charge in [-0.25, -0.2) is 4.79 Å². The van der Waals surface area contributed by atoms with E-state index < -0.39 is 6.09 Å². The minimum Gasteiger partial charge on any atom is -0.465 e. The van der Waals surface area contributed by atoms with Gasteiger partial charge in [-0.2, -0.15) is 5.10 Å². The van der Waals surface area contributed by atoms with Crippen LogP contribution in [0.15, 0.2) is 10.8 Å². The zero-order valence-corrected chi connectivity index (χ0v) is 9.65. The third-order valence-electron chi connectivity index (χ3n) is 1.88. The highest BCUT2D eigenvalue weighted by Crippen LogP contribution is 2.17. The predicted octanol–water partition coefficient (Wildman–Crippen LogP) is 1.78. The normalized spacial score (nSPS) is 10.2. The lowest BCUT2D eigenvalue weighted by molar-refractivity contribution is 0.153. The number of aryl methyl sites for hydroxylation is 1. The summed E-state index contributed by atoms with van der Waals surface area (Å²) in [5, 5.41) is 12.8. The van der Waals surface area contributed by atoms with E-state index >= 15 is 0 Å². The summed E-state index contributed by atoms with van der Waals surface area (Å²) in [6.45, 7) is 3.08. The fraction of sp³-hybridized carbons (Fsp3) is 0.500. The molecule has 0 unspecified atom stereocenters. The van der Waals surface area contributed by atoms with Crippen LogP contribution in [-0.2, 0) is 13.1 Å². The second-order valence-corrected chi connectivity index (χ2v) is 3.67. The van der Waals surface area contributed by atoms with Crippen LogP contribution in [0.5, 0.6) is 0 Å². The lowest BCUT2D eigenvalue weighted by atomic mass is 10.3. The van der Waals surface area contributed by atoms with Gasteiger partial charge in [0.1, 0.15) is 4.60 Å². The molecule has 1 amide bonds. The predicted molar refractivity (Wildman–Crippen MR) is 55.1 cm³/mol. The highest BCUT2D eigenvalue weighted by molar-refractivity contribution is 9.10. The number of carboxylic acid groups (broad SMARTS) is 1. The van der Waals surface area contributed by atoms with Crippen LogP contribution in [0.3, 0.4) is 0 Å². The first-order valence-electron chi connectivity index (χ1n) is 4.20. The zero-order valence-electron chi connectivity index (χ0n) is 8.07. The van der Waals surface area contributed by atoms with Crippen LogP contribution >= 0.6 is 15.9 Å². The molecule has 5 nitrogen and oxygen atoms in total. The van der Waals surface area contributed by atoms with Crippen LogP contribution < -0.4 is 0 Å². The number of halogens is 1. The Morgan fingerprint density at radius 3 is 2.86 bits per heavy atom. The molecule has 0 spiro atoms. The third kappa shape index (κ3) is 2.25. The number of aromatic nitrogens is 2. The van der Waals surface area contributed by atoms with Crippen LogP contribution in [0, 0.1) is 0 Å². The van der Waals surface area contributed by atoms with E-state index in [0.717, 1.165) is 16.7 Å². The molecular weight excluding hydrogens is 250 g/mol. The Balaban J connectivity index is 2.77.